The zero-order valence-corrected chi connectivity index (χ0v) is 17.9. The van der Waals surface area contributed by atoms with E-state index in [-0.39, 0.29) is 12.5 Å². The Morgan fingerprint density at radius 3 is 2.58 bits per heavy atom. The molecule has 0 unspecified atom stereocenters. The van der Waals surface area contributed by atoms with Gasteiger partial charge in [-0.1, -0.05) is 48.6 Å². The van der Waals surface area contributed by atoms with E-state index in [1.165, 1.54) is 5.56 Å². The molecule has 0 N–H and O–H groups in total. The third kappa shape index (κ3) is 4.72. The molecule has 2 aliphatic heterocycles. The first-order valence-electron chi connectivity index (χ1n) is 9.96. The maximum atomic E-state index is 12.7. The molecular formula is C24H22N2O4S. The smallest absolute Gasteiger partial charge is 0.294 e. The van der Waals surface area contributed by atoms with Crippen molar-refractivity contribution in [2.45, 2.75) is 13.0 Å². The second kappa shape index (κ2) is 9.22. The summed E-state index contributed by atoms with van der Waals surface area (Å²) < 4.78 is 5.13. The van der Waals surface area contributed by atoms with Crippen molar-refractivity contribution in [1.82, 2.24) is 9.80 Å². The number of carbonyl (C=O) groups excluding carboxylic acids is 3. The lowest BCUT2D eigenvalue weighted by atomic mass is 10.00. The quantitative estimate of drug-likeness (QED) is 0.669. The van der Waals surface area contributed by atoms with Crippen LogP contribution in [0.4, 0.5) is 4.79 Å². The highest BCUT2D eigenvalue weighted by Gasteiger charge is 2.37. The Kier molecular flexibility index (Phi) is 6.23. The van der Waals surface area contributed by atoms with E-state index in [9.17, 15) is 14.4 Å². The summed E-state index contributed by atoms with van der Waals surface area (Å²) in [5.41, 5.74) is 3.29. The van der Waals surface area contributed by atoms with Crippen LogP contribution in [0.5, 0.6) is 5.75 Å². The van der Waals surface area contributed by atoms with Crippen LogP contribution in [0.3, 0.4) is 0 Å². The number of thioether (sulfide) groups is 1. The summed E-state index contributed by atoms with van der Waals surface area (Å²) >= 11 is 0.857. The summed E-state index contributed by atoms with van der Waals surface area (Å²) in [6.45, 7) is 0.866. The average molecular weight is 435 g/mol. The first-order valence-corrected chi connectivity index (χ1v) is 10.8. The van der Waals surface area contributed by atoms with E-state index in [4.69, 9.17) is 4.74 Å². The number of rotatable bonds is 5. The second-order valence-electron chi connectivity index (χ2n) is 7.26. The number of carbonyl (C=O) groups is 3. The average Bonchev–Trinajstić information content (AvgIpc) is 3.06. The van der Waals surface area contributed by atoms with Gasteiger partial charge in [0.15, 0.2) is 0 Å². The van der Waals surface area contributed by atoms with Gasteiger partial charge in [0.05, 0.1) is 12.0 Å². The standard InChI is InChI=1S/C24H22N2O4S/c1-30-20-11-9-17(10-12-20)5-4-8-21-23(28)26(24(29)31-21)16-22(27)25-14-13-18-6-2-3-7-19(18)15-25/h2-12H,13-16H2,1H3. The number of hydrogen-bond donors (Lipinski definition) is 0. The molecule has 0 bridgehead atoms. The predicted octanol–water partition coefficient (Wildman–Crippen LogP) is 3.87. The number of benzene rings is 2. The first-order chi connectivity index (χ1) is 15.0. The lowest BCUT2D eigenvalue weighted by Crippen LogP contribution is -2.44. The van der Waals surface area contributed by atoms with E-state index in [0.29, 0.717) is 18.0 Å². The Bertz CT molecular complexity index is 1080. The molecule has 2 aliphatic rings. The van der Waals surface area contributed by atoms with Gasteiger partial charge in [0.25, 0.3) is 11.1 Å². The van der Waals surface area contributed by atoms with Crippen LogP contribution in [0.25, 0.3) is 6.08 Å². The minimum Gasteiger partial charge on any atom is -0.497 e. The lowest BCUT2D eigenvalue weighted by molar-refractivity contribution is -0.136. The highest BCUT2D eigenvalue weighted by atomic mass is 32.2. The number of nitrogens with zero attached hydrogens (tertiary/aromatic N) is 2. The van der Waals surface area contributed by atoms with Crippen LogP contribution < -0.4 is 4.74 Å². The highest BCUT2D eigenvalue weighted by molar-refractivity contribution is 8.18. The molecule has 3 amide bonds. The van der Waals surface area contributed by atoms with Gasteiger partial charge in [0.1, 0.15) is 12.3 Å². The molecule has 0 aliphatic carbocycles. The summed E-state index contributed by atoms with van der Waals surface area (Å²) in [6, 6.07) is 15.5. The molecular weight excluding hydrogens is 412 g/mol. The topological polar surface area (TPSA) is 66.9 Å². The van der Waals surface area contributed by atoms with Crippen molar-refractivity contribution >= 4 is 34.9 Å². The number of hydrogen-bond acceptors (Lipinski definition) is 5. The molecule has 2 heterocycles. The molecule has 1 saturated heterocycles. The Balaban J connectivity index is 1.38. The number of fused-ring (bicyclic) bond motifs is 1. The van der Waals surface area contributed by atoms with Crippen LogP contribution >= 0.6 is 11.8 Å². The zero-order chi connectivity index (χ0) is 21.8. The largest absolute Gasteiger partial charge is 0.497 e. The van der Waals surface area contributed by atoms with E-state index in [0.717, 1.165) is 40.0 Å². The normalized spacial score (nSPS) is 17.5. The third-order valence-corrected chi connectivity index (χ3v) is 6.23. The lowest BCUT2D eigenvalue weighted by Gasteiger charge is -2.29. The van der Waals surface area contributed by atoms with E-state index < -0.39 is 11.1 Å². The minimum atomic E-state index is -0.430. The van der Waals surface area contributed by atoms with Crippen molar-refractivity contribution in [3.63, 3.8) is 0 Å². The van der Waals surface area contributed by atoms with Gasteiger partial charge in [-0.15, -0.1) is 0 Å². The highest BCUT2D eigenvalue weighted by Crippen LogP contribution is 2.31. The Morgan fingerprint density at radius 1 is 1.10 bits per heavy atom. The summed E-state index contributed by atoms with van der Waals surface area (Å²) in [6.07, 6.45) is 5.95. The van der Waals surface area contributed by atoms with Crippen LogP contribution in [0, 0.1) is 0 Å². The third-order valence-electron chi connectivity index (χ3n) is 5.30. The maximum Gasteiger partial charge on any atom is 0.294 e. The van der Waals surface area contributed by atoms with Crippen molar-refractivity contribution in [3.05, 3.63) is 82.3 Å². The van der Waals surface area contributed by atoms with Crippen LogP contribution in [0.1, 0.15) is 16.7 Å². The van der Waals surface area contributed by atoms with Crippen molar-refractivity contribution in [2.75, 3.05) is 20.2 Å². The predicted molar refractivity (Wildman–Crippen MR) is 120 cm³/mol. The van der Waals surface area contributed by atoms with E-state index in [2.05, 4.69) is 6.07 Å². The maximum absolute atomic E-state index is 12.7. The molecule has 0 aromatic heterocycles. The molecule has 1 fully saturated rings. The molecule has 6 nitrogen and oxygen atoms in total. The fourth-order valence-electron chi connectivity index (χ4n) is 3.56. The molecule has 2 aromatic rings. The van der Waals surface area contributed by atoms with Gasteiger partial charge in [-0.3, -0.25) is 19.3 Å². The molecule has 0 spiro atoms. The fraction of sp³-hybridized carbons (Fsp3) is 0.208. The molecule has 31 heavy (non-hydrogen) atoms. The Morgan fingerprint density at radius 2 is 1.84 bits per heavy atom. The van der Waals surface area contributed by atoms with Gasteiger partial charge in [-0.2, -0.15) is 0 Å². The van der Waals surface area contributed by atoms with Crippen molar-refractivity contribution in [2.24, 2.45) is 0 Å². The SMILES string of the molecule is COc1ccc(C=CC=C2SC(=O)N(CC(=O)N3CCc4ccccc4C3)C2=O)cc1. The van der Waals surface area contributed by atoms with Crippen LogP contribution in [-0.2, 0) is 22.6 Å². The van der Waals surface area contributed by atoms with Gasteiger partial charge in [-0.25, -0.2) is 0 Å². The van der Waals surface area contributed by atoms with Crippen molar-refractivity contribution < 1.29 is 19.1 Å². The van der Waals surface area contributed by atoms with E-state index in [1.807, 2.05) is 48.5 Å². The molecule has 158 valence electrons. The number of imide groups is 1. The molecule has 7 heteroatoms. The first kappa shape index (κ1) is 20.9. The zero-order valence-electron chi connectivity index (χ0n) is 17.1. The van der Waals surface area contributed by atoms with Crippen LogP contribution in [-0.4, -0.2) is 47.1 Å². The second-order valence-corrected chi connectivity index (χ2v) is 8.25. The van der Waals surface area contributed by atoms with E-state index >= 15 is 0 Å². The Hall–Kier alpha value is -3.32. The van der Waals surface area contributed by atoms with Crippen molar-refractivity contribution in [3.8, 4) is 5.75 Å². The fourth-order valence-corrected chi connectivity index (χ4v) is 4.35. The number of allylic oxidation sites excluding steroid dienone is 2. The van der Waals surface area contributed by atoms with E-state index in [1.54, 1.807) is 24.2 Å². The monoisotopic (exact) mass is 434 g/mol. The van der Waals surface area contributed by atoms with Crippen LogP contribution in [0.15, 0.2) is 65.6 Å². The number of methoxy groups -OCH3 is 1. The molecule has 0 atom stereocenters. The number of ether oxygens (including phenoxy) is 1. The summed E-state index contributed by atoms with van der Waals surface area (Å²) in [7, 11) is 1.61. The van der Waals surface area contributed by atoms with Gasteiger partial charge in [-0.05, 0) is 53.1 Å². The Labute approximate surface area is 185 Å². The number of amides is 3. The molecule has 0 radical (unpaired) electrons. The van der Waals surface area contributed by atoms with Gasteiger partial charge in [0, 0.05) is 13.1 Å². The van der Waals surface area contributed by atoms with Gasteiger partial charge < -0.3 is 9.64 Å². The van der Waals surface area contributed by atoms with Crippen molar-refractivity contribution in [1.29, 1.82) is 0 Å². The molecule has 0 saturated carbocycles. The minimum absolute atomic E-state index is 0.216. The summed E-state index contributed by atoms with van der Waals surface area (Å²) in [5.74, 6) is 0.118. The molecule has 2 aromatic carbocycles. The summed E-state index contributed by atoms with van der Waals surface area (Å²) in [4.78, 5) is 40.8. The van der Waals surface area contributed by atoms with Crippen LogP contribution in [0.2, 0.25) is 0 Å². The summed E-state index contributed by atoms with van der Waals surface area (Å²) in [5, 5.41) is -0.417. The van der Waals surface area contributed by atoms with Gasteiger partial charge in [0.2, 0.25) is 5.91 Å². The molecule has 4 rings (SSSR count). The van der Waals surface area contributed by atoms with Gasteiger partial charge >= 0.3 is 0 Å².